The van der Waals surface area contributed by atoms with Gasteiger partial charge in [0.25, 0.3) is 0 Å². The number of nitrogens with one attached hydrogen (secondary N) is 2. The van der Waals surface area contributed by atoms with Crippen LogP contribution in [-0.2, 0) is 17.6 Å². The van der Waals surface area contributed by atoms with Gasteiger partial charge in [-0.2, -0.15) is 13.2 Å². The monoisotopic (exact) mass is 575 g/mol. The Hall–Kier alpha value is -4.40. The summed E-state index contributed by atoms with van der Waals surface area (Å²) < 4.78 is 52.1. The molecule has 1 fully saturated rings. The number of ether oxygens (including phenoxy) is 2. The summed E-state index contributed by atoms with van der Waals surface area (Å²) in [6.07, 6.45) is -1.69. The minimum absolute atomic E-state index is 0.0892. The van der Waals surface area contributed by atoms with Crippen molar-refractivity contribution in [2.75, 3.05) is 27.3 Å². The first-order valence-corrected chi connectivity index (χ1v) is 14.0. The van der Waals surface area contributed by atoms with Crippen LogP contribution in [0.5, 0.6) is 11.5 Å². The summed E-state index contributed by atoms with van der Waals surface area (Å²) in [6.45, 7) is 1.23. The molecule has 9 heteroatoms. The molecule has 0 unspecified atom stereocenters. The van der Waals surface area contributed by atoms with Crippen LogP contribution in [-0.4, -0.2) is 54.3 Å². The second kappa shape index (κ2) is 11.1. The van der Waals surface area contributed by atoms with Crippen LogP contribution in [0.2, 0.25) is 0 Å². The molecule has 6 rings (SSSR count). The molecule has 0 aliphatic carbocycles. The summed E-state index contributed by atoms with van der Waals surface area (Å²) in [5.41, 5.74) is 4.85. The summed E-state index contributed by atoms with van der Waals surface area (Å²) in [5.74, 6) is 1.19. The molecule has 0 saturated carbocycles. The number of halogens is 3. The number of likely N-dealkylation sites (tertiary alicyclic amines) is 1. The van der Waals surface area contributed by atoms with Crippen molar-refractivity contribution < 1.29 is 27.4 Å². The molecule has 0 atom stereocenters. The molecule has 3 aromatic carbocycles. The van der Waals surface area contributed by atoms with Crippen molar-refractivity contribution in [3.63, 3.8) is 0 Å². The zero-order valence-corrected chi connectivity index (χ0v) is 23.5. The maximum atomic E-state index is 13.8. The minimum atomic E-state index is -4.38. The van der Waals surface area contributed by atoms with Crippen molar-refractivity contribution in [1.82, 2.24) is 14.9 Å². The van der Waals surface area contributed by atoms with Crippen LogP contribution in [0.1, 0.15) is 35.4 Å². The van der Waals surface area contributed by atoms with Gasteiger partial charge in [-0.15, -0.1) is 0 Å². The van der Waals surface area contributed by atoms with Gasteiger partial charge < -0.3 is 24.3 Å². The maximum Gasteiger partial charge on any atom is 0.393 e. The molecule has 218 valence electrons. The zero-order chi connectivity index (χ0) is 29.4. The van der Waals surface area contributed by atoms with Gasteiger partial charge in [0.2, 0.25) is 5.91 Å². The van der Waals surface area contributed by atoms with E-state index in [2.05, 4.69) is 9.97 Å². The fraction of sp³-hybridized carbons (Fsp3) is 0.303. The van der Waals surface area contributed by atoms with Crippen LogP contribution in [0.4, 0.5) is 13.2 Å². The Labute approximate surface area is 241 Å². The van der Waals surface area contributed by atoms with Gasteiger partial charge in [-0.25, -0.2) is 0 Å². The lowest BCUT2D eigenvalue weighted by Crippen LogP contribution is -2.38. The molecule has 0 bridgehead atoms. The third-order valence-electron chi connectivity index (χ3n) is 8.32. The molecule has 2 aromatic heterocycles. The number of hydrogen-bond acceptors (Lipinski definition) is 3. The summed E-state index contributed by atoms with van der Waals surface area (Å²) in [7, 11) is 3.01. The van der Waals surface area contributed by atoms with Crippen LogP contribution >= 0.6 is 0 Å². The van der Waals surface area contributed by atoms with Crippen LogP contribution < -0.4 is 9.47 Å². The zero-order valence-electron chi connectivity index (χ0n) is 23.5. The van der Waals surface area contributed by atoms with Gasteiger partial charge in [0, 0.05) is 46.7 Å². The van der Waals surface area contributed by atoms with E-state index in [1.807, 2.05) is 53.6 Å². The molecule has 5 aromatic rings. The Balaban J connectivity index is 1.23. The summed E-state index contributed by atoms with van der Waals surface area (Å²) in [4.78, 5) is 21.5. The van der Waals surface area contributed by atoms with Gasteiger partial charge >= 0.3 is 6.18 Å². The van der Waals surface area contributed by atoms with E-state index in [9.17, 15) is 18.0 Å². The van der Waals surface area contributed by atoms with E-state index in [-0.39, 0.29) is 17.4 Å². The summed E-state index contributed by atoms with van der Waals surface area (Å²) in [5, 5.41) is 1.62. The third kappa shape index (κ3) is 5.43. The van der Waals surface area contributed by atoms with Gasteiger partial charge in [-0.1, -0.05) is 24.3 Å². The van der Waals surface area contributed by atoms with Gasteiger partial charge in [-0.05, 0) is 71.8 Å². The van der Waals surface area contributed by atoms with Crippen molar-refractivity contribution in [3.05, 3.63) is 83.6 Å². The lowest BCUT2D eigenvalue weighted by molar-refractivity contribution is -0.131. The van der Waals surface area contributed by atoms with Crippen molar-refractivity contribution in [2.45, 2.75) is 37.8 Å². The average molecular weight is 576 g/mol. The van der Waals surface area contributed by atoms with E-state index in [1.165, 1.54) is 14.2 Å². The van der Waals surface area contributed by atoms with Gasteiger partial charge in [0.1, 0.15) is 0 Å². The van der Waals surface area contributed by atoms with Crippen molar-refractivity contribution >= 4 is 27.7 Å². The smallest absolute Gasteiger partial charge is 0.393 e. The first-order chi connectivity index (χ1) is 20.2. The number of hydrogen-bond donors (Lipinski definition) is 2. The number of nitrogens with zero attached hydrogens (tertiary/aromatic N) is 1. The van der Waals surface area contributed by atoms with Crippen LogP contribution in [0.25, 0.3) is 33.1 Å². The predicted octanol–water partition coefficient (Wildman–Crippen LogP) is 7.39. The van der Waals surface area contributed by atoms with E-state index in [4.69, 9.17) is 9.47 Å². The molecule has 3 heterocycles. The van der Waals surface area contributed by atoms with Gasteiger partial charge in [-0.3, -0.25) is 4.79 Å². The van der Waals surface area contributed by atoms with Crippen molar-refractivity contribution in [2.24, 2.45) is 0 Å². The van der Waals surface area contributed by atoms with Crippen molar-refractivity contribution in [1.29, 1.82) is 0 Å². The van der Waals surface area contributed by atoms with Gasteiger partial charge in [0.05, 0.1) is 32.8 Å². The van der Waals surface area contributed by atoms with Crippen molar-refractivity contribution in [3.8, 4) is 22.8 Å². The Morgan fingerprint density at radius 1 is 0.929 bits per heavy atom. The molecular formula is C33H32F3N3O3. The SMILES string of the molecule is COc1ccc(-c2[nH]c3ccc(C4CCN(C(=O)Cc5c[nH]c6ccccc56)CC4)cc3c2CC(F)(F)F)cc1OC. The number of fused-ring (bicyclic) bond motifs is 2. The summed E-state index contributed by atoms with van der Waals surface area (Å²) in [6, 6.07) is 18.8. The van der Waals surface area contributed by atoms with E-state index in [0.29, 0.717) is 53.2 Å². The van der Waals surface area contributed by atoms with Gasteiger partial charge in [0.15, 0.2) is 11.5 Å². The molecule has 1 aliphatic rings. The molecule has 2 N–H and O–H groups in total. The fourth-order valence-corrected chi connectivity index (χ4v) is 6.16. The normalized spacial score (nSPS) is 14.5. The van der Waals surface area contributed by atoms with Crippen LogP contribution in [0.15, 0.2) is 66.9 Å². The number of amides is 1. The molecule has 1 saturated heterocycles. The second-order valence-electron chi connectivity index (χ2n) is 10.8. The number of methoxy groups -OCH3 is 2. The Morgan fingerprint density at radius 2 is 1.69 bits per heavy atom. The Bertz CT molecular complexity index is 1750. The highest BCUT2D eigenvalue weighted by Gasteiger charge is 2.32. The number of carbonyl (C=O) groups is 1. The highest BCUT2D eigenvalue weighted by Crippen LogP contribution is 2.40. The number of aromatic amines is 2. The van der Waals surface area contributed by atoms with E-state index >= 15 is 0 Å². The lowest BCUT2D eigenvalue weighted by Gasteiger charge is -2.32. The molecule has 0 radical (unpaired) electrons. The Kier molecular flexibility index (Phi) is 7.35. The molecular weight excluding hydrogens is 543 g/mol. The lowest BCUT2D eigenvalue weighted by atomic mass is 9.88. The first kappa shape index (κ1) is 27.8. The number of rotatable bonds is 7. The molecule has 1 amide bonds. The largest absolute Gasteiger partial charge is 0.493 e. The quantitative estimate of drug-likeness (QED) is 0.213. The number of aromatic nitrogens is 2. The summed E-state index contributed by atoms with van der Waals surface area (Å²) >= 11 is 0. The molecule has 0 spiro atoms. The van der Waals surface area contributed by atoms with E-state index < -0.39 is 12.6 Å². The van der Waals surface area contributed by atoms with Crippen LogP contribution in [0, 0.1) is 0 Å². The minimum Gasteiger partial charge on any atom is -0.493 e. The number of carbonyl (C=O) groups excluding carboxylic acids is 1. The topological polar surface area (TPSA) is 70.3 Å². The highest BCUT2D eigenvalue weighted by molar-refractivity contribution is 5.92. The second-order valence-corrected chi connectivity index (χ2v) is 10.8. The molecule has 42 heavy (non-hydrogen) atoms. The fourth-order valence-electron chi connectivity index (χ4n) is 6.16. The highest BCUT2D eigenvalue weighted by atomic mass is 19.4. The number of piperidine rings is 1. The predicted molar refractivity (Wildman–Crippen MR) is 157 cm³/mol. The Morgan fingerprint density at radius 3 is 2.43 bits per heavy atom. The van der Waals surface area contributed by atoms with E-state index in [0.717, 1.165) is 34.9 Å². The number of para-hydroxylation sites is 1. The standard InChI is InChI=1S/C33H32F3N3O3/c1-41-29-10-8-22(16-30(29)42-2)32-26(18-33(34,35)36)25-15-21(7-9-28(25)38-32)20-11-13-39(14-12-20)31(40)17-23-19-37-27-6-4-3-5-24(23)27/h3-10,15-16,19-20,37-38H,11-14,17-18H2,1-2H3. The average Bonchev–Trinajstić information content (AvgIpc) is 3.56. The van der Waals surface area contributed by atoms with E-state index in [1.54, 1.807) is 18.2 Å². The molecule has 1 aliphatic heterocycles. The first-order valence-electron chi connectivity index (χ1n) is 14.0. The van der Waals surface area contributed by atoms with Crippen LogP contribution in [0.3, 0.4) is 0 Å². The number of alkyl halides is 3. The molecule has 6 nitrogen and oxygen atoms in total. The number of benzene rings is 3. The third-order valence-corrected chi connectivity index (χ3v) is 8.32. The maximum absolute atomic E-state index is 13.8. The number of H-pyrrole nitrogens is 2.